The highest BCUT2D eigenvalue weighted by atomic mass is 19.1. The maximum Gasteiger partial charge on any atom is 0.336 e. The second-order valence-corrected chi connectivity index (χ2v) is 6.00. The first-order valence-corrected chi connectivity index (χ1v) is 7.83. The number of amides is 1. The highest BCUT2D eigenvalue weighted by molar-refractivity contribution is 5.94. The van der Waals surface area contributed by atoms with Crippen LogP contribution in [0, 0.1) is 25.5 Å². The van der Waals surface area contributed by atoms with Crippen LogP contribution in [-0.2, 0) is 6.54 Å². The van der Waals surface area contributed by atoms with E-state index in [1.54, 1.807) is 0 Å². The Hall–Kier alpha value is -3.22. The molecule has 0 spiro atoms. The highest BCUT2D eigenvalue weighted by Crippen LogP contribution is 2.25. The molecule has 0 aliphatic carbocycles. The minimum Gasteiger partial charge on any atom is -0.422 e. The molecule has 1 heterocycles. The maximum atomic E-state index is 14.0. The standard InChI is InChI=1S/C19H16F2N2O3/c1-9-3-4-12-11(5-17(24)26-18(12)10(9)2)8-23-16-6-13(19(22)25)14(20)7-15(16)21/h3-7,23H,8H2,1-2H3,(H2,22,25). The molecule has 0 atom stereocenters. The summed E-state index contributed by atoms with van der Waals surface area (Å²) in [6.07, 6.45) is 0. The topological polar surface area (TPSA) is 85.3 Å². The SMILES string of the molecule is Cc1ccc2c(CNc3cc(C(N)=O)c(F)cc3F)cc(=O)oc2c1C. The molecule has 0 radical (unpaired) electrons. The third-order valence-electron chi connectivity index (χ3n) is 4.31. The minimum absolute atomic E-state index is 0.0748. The van der Waals surface area contributed by atoms with Gasteiger partial charge in [0.25, 0.3) is 5.91 Å². The molecule has 26 heavy (non-hydrogen) atoms. The Bertz CT molecular complexity index is 1090. The van der Waals surface area contributed by atoms with Gasteiger partial charge in [-0.15, -0.1) is 0 Å². The highest BCUT2D eigenvalue weighted by Gasteiger charge is 2.15. The zero-order valence-corrected chi connectivity index (χ0v) is 14.2. The van der Waals surface area contributed by atoms with E-state index in [1.807, 2.05) is 26.0 Å². The van der Waals surface area contributed by atoms with Crippen LogP contribution in [-0.4, -0.2) is 5.91 Å². The lowest BCUT2D eigenvalue weighted by Crippen LogP contribution is -2.15. The minimum atomic E-state index is -1.03. The zero-order valence-electron chi connectivity index (χ0n) is 14.2. The average molecular weight is 358 g/mol. The van der Waals surface area contributed by atoms with Gasteiger partial charge in [0.2, 0.25) is 0 Å². The number of halogens is 2. The Kier molecular flexibility index (Phi) is 4.46. The fourth-order valence-corrected chi connectivity index (χ4v) is 2.73. The number of nitrogens with one attached hydrogen (secondary N) is 1. The maximum absolute atomic E-state index is 14.0. The van der Waals surface area contributed by atoms with E-state index in [-0.39, 0.29) is 12.2 Å². The lowest BCUT2D eigenvalue weighted by Gasteiger charge is -2.12. The molecule has 0 saturated carbocycles. The molecular formula is C19H16F2N2O3. The van der Waals surface area contributed by atoms with Gasteiger partial charge in [-0.2, -0.15) is 0 Å². The molecule has 0 saturated heterocycles. The van der Waals surface area contributed by atoms with E-state index >= 15 is 0 Å². The van der Waals surface area contributed by atoms with Crippen LogP contribution in [0.15, 0.2) is 39.5 Å². The first-order valence-electron chi connectivity index (χ1n) is 7.83. The smallest absolute Gasteiger partial charge is 0.336 e. The number of hydrogen-bond acceptors (Lipinski definition) is 4. The van der Waals surface area contributed by atoms with Gasteiger partial charge in [0.15, 0.2) is 0 Å². The van der Waals surface area contributed by atoms with Gasteiger partial charge in [-0.1, -0.05) is 12.1 Å². The number of fused-ring (bicyclic) bond motifs is 1. The van der Waals surface area contributed by atoms with Crippen LogP contribution in [0.5, 0.6) is 0 Å². The fraction of sp³-hybridized carbons (Fsp3) is 0.158. The molecule has 0 fully saturated rings. The van der Waals surface area contributed by atoms with Crippen LogP contribution in [0.25, 0.3) is 11.0 Å². The molecule has 3 aromatic rings. The third-order valence-corrected chi connectivity index (χ3v) is 4.31. The summed E-state index contributed by atoms with van der Waals surface area (Å²) in [7, 11) is 0. The molecule has 1 aromatic heterocycles. The van der Waals surface area contributed by atoms with Crippen LogP contribution in [0.1, 0.15) is 27.0 Å². The molecule has 0 aliphatic rings. The summed E-state index contributed by atoms with van der Waals surface area (Å²) in [4.78, 5) is 23.1. The Morgan fingerprint density at radius 2 is 1.88 bits per heavy atom. The number of nitrogens with two attached hydrogens (primary N) is 1. The molecule has 0 unspecified atom stereocenters. The molecule has 5 nitrogen and oxygen atoms in total. The summed E-state index contributed by atoms with van der Waals surface area (Å²) < 4.78 is 32.8. The van der Waals surface area contributed by atoms with Crippen molar-refractivity contribution in [1.82, 2.24) is 0 Å². The predicted octanol–water partition coefficient (Wildman–Crippen LogP) is 3.40. The van der Waals surface area contributed by atoms with Gasteiger partial charge in [-0.3, -0.25) is 4.79 Å². The van der Waals surface area contributed by atoms with Crippen LogP contribution in [0.2, 0.25) is 0 Å². The number of primary amides is 1. The summed E-state index contributed by atoms with van der Waals surface area (Å²) in [5, 5.41) is 3.48. The lowest BCUT2D eigenvalue weighted by molar-refractivity contribution is 0.0996. The number of carbonyl (C=O) groups is 1. The van der Waals surface area contributed by atoms with Gasteiger partial charge < -0.3 is 15.5 Å². The number of rotatable bonds is 4. The molecule has 7 heteroatoms. The Morgan fingerprint density at radius 1 is 1.15 bits per heavy atom. The van der Waals surface area contributed by atoms with Crippen LogP contribution in [0.4, 0.5) is 14.5 Å². The van der Waals surface area contributed by atoms with Crippen molar-refractivity contribution < 1.29 is 18.0 Å². The zero-order chi connectivity index (χ0) is 19.0. The molecule has 0 bridgehead atoms. The Morgan fingerprint density at radius 3 is 2.58 bits per heavy atom. The van der Waals surface area contributed by atoms with Crippen molar-refractivity contribution in [2.45, 2.75) is 20.4 Å². The second kappa shape index (κ2) is 6.59. The number of anilines is 1. The summed E-state index contributed by atoms with van der Waals surface area (Å²) >= 11 is 0. The number of hydrogen-bond donors (Lipinski definition) is 2. The van der Waals surface area contributed by atoms with Gasteiger partial charge in [0, 0.05) is 24.1 Å². The normalized spacial score (nSPS) is 10.9. The monoisotopic (exact) mass is 358 g/mol. The van der Waals surface area contributed by atoms with E-state index in [0.717, 1.165) is 17.2 Å². The van der Waals surface area contributed by atoms with Gasteiger partial charge in [0.05, 0.1) is 11.3 Å². The number of aryl methyl sites for hydroxylation is 2. The van der Waals surface area contributed by atoms with Crippen molar-refractivity contribution in [2.75, 3.05) is 5.32 Å². The van der Waals surface area contributed by atoms with E-state index in [0.29, 0.717) is 22.6 Å². The van der Waals surface area contributed by atoms with E-state index in [9.17, 15) is 18.4 Å². The second-order valence-electron chi connectivity index (χ2n) is 6.00. The van der Waals surface area contributed by atoms with Crippen molar-refractivity contribution in [1.29, 1.82) is 0 Å². The molecule has 3 N–H and O–H groups in total. The summed E-state index contributed by atoms with van der Waals surface area (Å²) in [6, 6.07) is 6.61. The van der Waals surface area contributed by atoms with E-state index in [2.05, 4.69) is 5.32 Å². The quantitative estimate of drug-likeness (QED) is 0.700. The Labute approximate surface area is 147 Å². The third kappa shape index (κ3) is 3.15. The summed E-state index contributed by atoms with van der Waals surface area (Å²) in [6.45, 7) is 3.82. The molecular weight excluding hydrogens is 342 g/mol. The summed E-state index contributed by atoms with van der Waals surface area (Å²) in [5.74, 6) is -2.90. The fourth-order valence-electron chi connectivity index (χ4n) is 2.73. The van der Waals surface area contributed by atoms with Crippen LogP contribution in [0.3, 0.4) is 0 Å². The van der Waals surface area contributed by atoms with Crippen molar-refractivity contribution in [3.63, 3.8) is 0 Å². The number of benzene rings is 2. The van der Waals surface area contributed by atoms with Gasteiger partial charge in [-0.25, -0.2) is 13.6 Å². The molecule has 134 valence electrons. The van der Waals surface area contributed by atoms with E-state index in [4.69, 9.17) is 10.2 Å². The lowest BCUT2D eigenvalue weighted by atomic mass is 10.0. The van der Waals surface area contributed by atoms with E-state index in [1.165, 1.54) is 6.07 Å². The Balaban J connectivity index is 2.01. The molecule has 3 rings (SSSR count). The first-order chi connectivity index (χ1) is 12.3. The molecule has 1 amide bonds. The van der Waals surface area contributed by atoms with Gasteiger partial charge in [0.1, 0.15) is 17.2 Å². The summed E-state index contributed by atoms with van der Waals surface area (Å²) in [5.41, 5.74) is 6.91. The van der Waals surface area contributed by atoms with Crippen molar-refractivity contribution >= 4 is 22.6 Å². The van der Waals surface area contributed by atoms with Gasteiger partial charge in [-0.05, 0) is 36.6 Å². The first kappa shape index (κ1) is 17.6. The van der Waals surface area contributed by atoms with Crippen LogP contribution >= 0.6 is 0 Å². The largest absolute Gasteiger partial charge is 0.422 e. The van der Waals surface area contributed by atoms with E-state index < -0.39 is 28.7 Å². The molecule has 0 aliphatic heterocycles. The van der Waals surface area contributed by atoms with Crippen LogP contribution < -0.4 is 16.7 Å². The van der Waals surface area contributed by atoms with Crippen molar-refractivity contribution in [3.05, 3.63) is 74.6 Å². The van der Waals surface area contributed by atoms with Crippen molar-refractivity contribution in [2.24, 2.45) is 5.73 Å². The average Bonchev–Trinajstić information content (AvgIpc) is 2.57. The predicted molar refractivity (Wildman–Crippen MR) is 94.2 cm³/mol. The molecule has 2 aromatic carbocycles. The van der Waals surface area contributed by atoms with Crippen molar-refractivity contribution in [3.8, 4) is 0 Å². The van der Waals surface area contributed by atoms with Gasteiger partial charge >= 0.3 is 5.63 Å². The number of carbonyl (C=O) groups excluding carboxylic acids is 1.